The largest absolute Gasteiger partial charge is 0.391 e. The van der Waals surface area contributed by atoms with Crippen LogP contribution in [0.15, 0.2) is 24.3 Å². The lowest BCUT2D eigenvalue weighted by atomic mass is 9.89. The van der Waals surface area contributed by atoms with E-state index < -0.39 is 6.10 Å². The molecule has 1 aromatic rings. The van der Waals surface area contributed by atoms with Crippen LogP contribution in [-0.4, -0.2) is 23.8 Å². The highest BCUT2D eigenvalue weighted by atomic mass is 16.3. The van der Waals surface area contributed by atoms with E-state index in [1.807, 2.05) is 32.9 Å². The first-order valence-corrected chi connectivity index (χ1v) is 7.59. The number of aliphatic hydroxyl groups is 1. The summed E-state index contributed by atoms with van der Waals surface area (Å²) in [6, 6.07) is 8.07. The highest BCUT2D eigenvalue weighted by molar-refractivity contribution is 5.74. The van der Waals surface area contributed by atoms with Crippen molar-refractivity contribution in [2.24, 2.45) is 11.3 Å². The fourth-order valence-electron chi connectivity index (χ4n) is 2.70. The van der Waals surface area contributed by atoms with Crippen LogP contribution in [0.2, 0.25) is 0 Å². The minimum absolute atomic E-state index is 0.0491. The zero-order valence-corrected chi connectivity index (χ0v) is 13.3. The fraction of sp³-hybridized carbons (Fsp3) is 0.588. The number of carbonyl (C=O) groups is 1. The summed E-state index contributed by atoms with van der Waals surface area (Å²) in [5, 5.41) is 15.8. The van der Waals surface area contributed by atoms with E-state index in [0.29, 0.717) is 5.92 Å². The summed E-state index contributed by atoms with van der Waals surface area (Å²) in [6.45, 7) is 8.26. The summed E-state index contributed by atoms with van der Waals surface area (Å²) >= 11 is 0. The smallest absolute Gasteiger partial charge is 0.315 e. The number of benzene rings is 1. The predicted octanol–water partition coefficient (Wildman–Crippen LogP) is 2.63. The number of hydrogen-bond donors (Lipinski definition) is 3. The number of fused-ring (bicyclic) bond motifs is 1. The molecule has 0 spiro atoms. The van der Waals surface area contributed by atoms with Gasteiger partial charge < -0.3 is 15.7 Å². The molecule has 0 saturated carbocycles. The van der Waals surface area contributed by atoms with Crippen LogP contribution in [-0.2, 0) is 6.42 Å². The Morgan fingerprint density at radius 1 is 1.38 bits per heavy atom. The molecule has 1 aliphatic rings. The molecule has 0 heterocycles. The zero-order valence-electron chi connectivity index (χ0n) is 13.3. The second-order valence-electron chi connectivity index (χ2n) is 7.09. The molecular weight excluding hydrogens is 264 g/mol. The van der Waals surface area contributed by atoms with Gasteiger partial charge in [-0.2, -0.15) is 0 Å². The van der Waals surface area contributed by atoms with Crippen LogP contribution in [0.4, 0.5) is 4.79 Å². The Balaban J connectivity index is 1.92. The van der Waals surface area contributed by atoms with Crippen molar-refractivity contribution < 1.29 is 9.90 Å². The molecule has 21 heavy (non-hydrogen) atoms. The van der Waals surface area contributed by atoms with Crippen molar-refractivity contribution >= 4 is 6.03 Å². The average Bonchev–Trinajstić information content (AvgIpc) is 2.71. The standard InChI is InChI=1S/C17H26N2O2/c1-11-9-12-7-5-6-8-13(12)15(11)19-16(21)18-10-14(20)17(2,3)4/h5-8,11,14-15,20H,9-10H2,1-4H3,(H2,18,19,21). The van der Waals surface area contributed by atoms with Gasteiger partial charge in [-0.1, -0.05) is 52.0 Å². The number of rotatable bonds is 3. The number of carbonyl (C=O) groups excluding carboxylic acids is 1. The van der Waals surface area contributed by atoms with Gasteiger partial charge in [0, 0.05) is 6.54 Å². The topological polar surface area (TPSA) is 61.4 Å². The lowest BCUT2D eigenvalue weighted by Crippen LogP contribution is -2.45. The maximum atomic E-state index is 12.1. The Kier molecular flexibility index (Phi) is 4.57. The number of nitrogens with one attached hydrogen (secondary N) is 2. The second kappa shape index (κ2) is 6.06. The number of amides is 2. The van der Waals surface area contributed by atoms with Gasteiger partial charge in [0.1, 0.15) is 0 Å². The number of hydrogen-bond acceptors (Lipinski definition) is 2. The van der Waals surface area contributed by atoms with Gasteiger partial charge in [0.05, 0.1) is 12.1 Å². The van der Waals surface area contributed by atoms with Crippen LogP contribution in [0.3, 0.4) is 0 Å². The average molecular weight is 290 g/mol. The van der Waals surface area contributed by atoms with E-state index in [0.717, 1.165) is 6.42 Å². The second-order valence-corrected chi connectivity index (χ2v) is 7.09. The van der Waals surface area contributed by atoms with Gasteiger partial charge in [0.25, 0.3) is 0 Å². The first-order valence-electron chi connectivity index (χ1n) is 7.59. The molecule has 0 saturated heterocycles. The summed E-state index contributed by atoms with van der Waals surface area (Å²) in [6.07, 6.45) is 0.433. The molecule has 0 bridgehead atoms. The van der Waals surface area contributed by atoms with Crippen molar-refractivity contribution in [2.45, 2.75) is 46.3 Å². The molecule has 1 aliphatic carbocycles. The van der Waals surface area contributed by atoms with Crippen LogP contribution in [0.25, 0.3) is 0 Å². The third-order valence-corrected chi connectivity index (χ3v) is 4.24. The third kappa shape index (κ3) is 3.76. The summed E-state index contributed by atoms with van der Waals surface area (Å²) in [5.74, 6) is 0.390. The van der Waals surface area contributed by atoms with Crippen molar-refractivity contribution in [3.8, 4) is 0 Å². The molecule has 0 fully saturated rings. The van der Waals surface area contributed by atoms with Gasteiger partial charge in [0.15, 0.2) is 0 Å². The van der Waals surface area contributed by atoms with E-state index in [1.54, 1.807) is 0 Å². The van der Waals surface area contributed by atoms with Crippen LogP contribution in [0.1, 0.15) is 44.9 Å². The molecule has 2 amide bonds. The maximum Gasteiger partial charge on any atom is 0.315 e. The van der Waals surface area contributed by atoms with E-state index in [1.165, 1.54) is 11.1 Å². The Labute approximate surface area is 126 Å². The molecule has 0 radical (unpaired) electrons. The molecule has 3 unspecified atom stereocenters. The molecule has 0 aliphatic heterocycles. The first-order chi connectivity index (χ1) is 9.79. The predicted molar refractivity (Wildman–Crippen MR) is 84.0 cm³/mol. The Morgan fingerprint density at radius 3 is 2.71 bits per heavy atom. The van der Waals surface area contributed by atoms with Gasteiger partial charge >= 0.3 is 6.03 Å². The molecule has 4 nitrogen and oxygen atoms in total. The van der Waals surface area contributed by atoms with E-state index in [-0.39, 0.29) is 24.0 Å². The molecule has 116 valence electrons. The number of urea groups is 1. The van der Waals surface area contributed by atoms with Gasteiger partial charge in [0.2, 0.25) is 0 Å². The maximum absolute atomic E-state index is 12.1. The summed E-state index contributed by atoms with van der Waals surface area (Å²) < 4.78 is 0. The quantitative estimate of drug-likeness (QED) is 0.801. The van der Waals surface area contributed by atoms with Gasteiger partial charge in [-0.15, -0.1) is 0 Å². The molecule has 4 heteroatoms. The van der Waals surface area contributed by atoms with Crippen molar-refractivity contribution in [1.29, 1.82) is 0 Å². The third-order valence-electron chi connectivity index (χ3n) is 4.24. The minimum Gasteiger partial charge on any atom is -0.391 e. The molecular formula is C17H26N2O2. The van der Waals surface area contributed by atoms with E-state index >= 15 is 0 Å². The lowest BCUT2D eigenvalue weighted by Gasteiger charge is -2.26. The Hall–Kier alpha value is -1.55. The highest BCUT2D eigenvalue weighted by Gasteiger charge is 2.30. The van der Waals surface area contributed by atoms with Crippen molar-refractivity contribution in [2.75, 3.05) is 6.54 Å². The minimum atomic E-state index is -0.559. The van der Waals surface area contributed by atoms with Gasteiger partial charge in [-0.05, 0) is 28.9 Å². The zero-order chi connectivity index (χ0) is 15.6. The summed E-state index contributed by atoms with van der Waals surface area (Å²) in [5.41, 5.74) is 2.28. The van der Waals surface area contributed by atoms with E-state index in [2.05, 4.69) is 29.7 Å². The van der Waals surface area contributed by atoms with Crippen LogP contribution in [0, 0.1) is 11.3 Å². The normalized spacial score (nSPS) is 22.5. The van der Waals surface area contributed by atoms with E-state index in [9.17, 15) is 9.90 Å². The molecule has 3 N–H and O–H groups in total. The molecule has 0 aromatic heterocycles. The van der Waals surface area contributed by atoms with Crippen LogP contribution >= 0.6 is 0 Å². The number of aliphatic hydroxyl groups excluding tert-OH is 1. The summed E-state index contributed by atoms with van der Waals surface area (Å²) in [4.78, 5) is 12.1. The molecule has 3 atom stereocenters. The van der Waals surface area contributed by atoms with Crippen molar-refractivity contribution in [3.05, 3.63) is 35.4 Å². The molecule has 1 aromatic carbocycles. The Morgan fingerprint density at radius 2 is 2.05 bits per heavy atom. The monoisotopic (exact) mass is 290 g/mol. The van der Waals surface area contributed by atoms with Gasteiger partial charge in [-0.3, -0.25) is 0 Å². The molecule has 2 rings (SSSR count). The van der Waals surface area contributed by atoms with Gasteiger partial charge in [-0.25, -0.2) is 4.79 Å². The summed E-state index contributed by atoms with van der Waals surface area (Å²) in [7, 11) is 0. The first kappa shape index (κ1) is 15.8. The fourth-order valence-corrected chi connectivity index (χ4v) is 2.70. The van der Waals surface area contributed by atoms with Crippen molar-refractivity contribution in [1.82, 2.24) is 10.6 Å². The highest BCUT2D eigenvalue weighted by Crippen LogP contribution is 2.35. The van der Waals surface area contributed by atoms with Crippen LogP contribution < -0.4 is 10.6 Å². The SMILES string of the molecule is CC1Cc2ccccc2C1NC(=O)NCC(O)C(C)(C)C. The van der Waals surface area contributed by atoms with E-state index in [4.69, 9.17) is 0 Å². The Bertz CT molecular complexity index is 508. The van der Waals surface area contributed by atoms with Crippen LogP contribution in [0.5, 0.6) is 0 Å². The van der Waals surface area contributed by atoms with Crippen molar-refractivity contribution in [3.63, 3.8) is 0 Å². The lowest BCUT2D eigenvalue weighted by molar-refractivity contribution is 0.0648.